The molecule has 2 rings (SSSR count). The van der Waals surface area contributed by atoms with Crippen LogP contribution in [0.15, 0.2) is 16.9 Å². The van der Waals surface area contributed by atoms with Gasteiger partial charge < -0.3 is 10.3 Å². The standard InChI is InChI=1S/C12H18N2O/c1-8-5-11(15)6-9(2)14(8)7-12(13)10-3-4-10/h5-6,10,12H,3-4,7,13H2,1-2H3. The van der Waals surface area contributed by atoms with E-state index < -0.39 is 0 Å². The smallest absolute Gasteiger partial charge is 0.182 e. The second-order valence-corrected chi connectivity index (χ2v) is 4.59. The molecule has 1 aromatic rings. The Balaban J connectivity index is 2.23. The Morgan fingerprint density at radius 2 is 1.93 bits per heavy atom. The predicted molar refractivity (Wildman–Crippen MR) is 60.9 cm³/mol. The molecular formula is C12H18N2O. The van der Waals surface area contributed by atoms with Crippen molar-refractivity contribution < 1.29 is 0 Å². The summed E-state index contributed by atoms with van der Waals surface area (Å²) in [5.74, 6) is 0.697. The molecular weight excluding hydrogens is 188 g/mol. The lowest BCUT2D eigenvalue weighted by atomic mass is 10.2. The van der Waals surface area contributed by atoms with Gasteiger partial charge in [0, 0.05) is 36.1 Å². The average Bonchev–Trinajstić information content (AvgIpc) is 2.93. The molecule has 1 aliphatic carbocycles. The van der Waals surface area contributed by atoms with E-state index in [0.717, 1.165) is 17.9 Å². The van der Waals surface area contributed by atoms with Crippen molar-refractivity contribution in [1.29, 1.82) is 0 Å². The Labute approximate surface area is 89.9 Å². The lowest BCUT2D eigenvalue weighted by Crippen LogP contribution is -2.30. The Morgan fingerprint density at radius 3 is 2.40 bits per heavy atom. The third-order valence-electron chi connectivity index (χ3n) is 3.17. The lowest BCUT2D eigenvalue weighted by molar-refractivity contribution is 0.487. The van der Waals surface area contributed by atoms with Crippen molar-refractivity contribution in [2.75, 3.05) is 0 Å². The molecule has 0 radical (unpaired) electrons. The summed E-state index contributed by atoms with van der Waals surface area (Å²) in [6.07, 6.45) is 2.53. The van der Waals surface area contributed by atoms with Gasteiger partial charge in [-0.25, -0.2) is 0 Å². The summed E-state index contributed by atoms with van der Waals surface area (Å²) >= 11 is 0. The van der Waals surface area contributed by atoms with Crippen molar-refractivity contribution >= 4 is 0 Å². The molecule has 1 heterocycles. The van der Waals surface area contributed by atoms with Crippen LogP contribution in [0.5, 0.6) is 0 Å². The van der Waals surface area contributed by atoms with Gasteiger partial charge in [-0.05, 0) is 32.6 Å². The number of rotatable bonds is 3. The molecule has 3 nitrogen and oxygen atoms in total. The minimum Gasteiger partial charge on any atom is -0.347 e. The summed E-state index contributed by atoms with van der Waals surface area (Å²) in [4.78, 5) is 11.3. The molecule has 0 bridgehead atoms. The SMILES string of the molecule is Cc1cc(=O)cc(C)n1CC(N)C1CC1. The second-order valence-electron chi connectivity index (χ2n) is 4.59. The molecule has 3 heteroatoms. The van der Waals surface area contributed by atoms with Crippen molar-refractivity contribution in [2.24, 2.45) is 11.7 Å². The third-order valence-corrected chi connectivity index (χ3v) is 3.17. The number of pyridine rings is 1. The molecule has 1 aliphatic rings. The second kappa shape index (κ2) is 3.81. The highest BCUT2D eigenvalue weighted by Gasteiger charge is 2.28. The first-order valence-corrected chi connectivity index (χ1v) is 5.51. The molecule has 0 aliphatic heterocycles. The molecule has 0 saturated heterocycles. The lowest BCUT2D eigenvalue weighted by Gasteiger charge is -2.18. The van der Waals surface area contributed by atoms with E-state index in [4.69, 9.17) is 5.73 Å². The normalized spacial score (nSPS) is 17.8. The quantitative estimate of drug-likeness (QED) is 0.808. The Morgan fingerprint density at radius 1 is 1.40 bits per heavy atom. The zero-order valence-corrected chi connectivity index (χ0v) is 9.36. The highest BCUT2D eigenvalue weighted by Crippen LogP contribution is 2.32. The van der Waals surface area contributed by atoms with Crippen LogP contribution in [-0.4, -0.2) is 10.6 Å². The van der Waals surface area contributed by atoms with Crippen molar-refractivity contribution in [2.45, 2.75) is 39.3 Å². The molecule has 1 unspecified atom stereocenters. The molecule has 0 aromatic carbocycles. The molecule has 1 saturated carbocycles. The van der Waals surface area contributed by atoms with Crippen LogP contribution in [0.1, 0.15) is 24.2 Å². The zero-order valence-electron chi connectivity index (χ0n) is 9.36. The summed E-state index contributed by atoms with van der Waals surface area (Å²) in [6, 6.07) is 3.59. The van der Waals surface area contributed by atoms with Gasteiger partial charge in [0.25, 0.3) is 0 Å². The summed E-state index contributed by atoms with van der Waals surface area (Å²) in [5.41, 5.74) is 8.19. The maximum atomic E-state index is 11.3. The van der Waals surface area contributed by atoms with Gasteiger partial charge in [-0.15, -0.1) is 0 Å². The fourth-order valence-electron chi connectivity index (χ4n) is 2.06. The number of hydrogen-bond acceptors (Lipinski definition) is 2. The van der Waals surface area contributed by atoms with Crippen LogP contribution in [0, 0.1) is 19.8 Å². The van der Waals surface area contributed by atoms with E-state index in [2.05, 4.69) is 4.57 Å². The number of aryl methyl sites for hydroxylation is 2. The van der Waals surface area contributed by atoms with Crippen LogP contribution in [0.4, 0.5) is 0 Å². The summed E-state index contributed by atoms with van der Waals surface area (Å²) in [5, 5.41) is 0. The minimum atomic E-state index is 0.0845. The minimum absolute atomic E-state index is 0.0845. The highest BCUT2D eigenvalue weighted by atomic mass is 16.1. The van der Waals surface area contributed by atoms with E-state index in [0.29, 0.717) is 5.92 Å². The first-order chi connectivity index (χ1) is 7.08. The topological polar surface area (TPSA) is 48.0 Å². The number of aromatic nitrogens is 1. The number of hydrogen-bond donors (Lipinski definition) is 1. The molecule has 15 heavy (non-hydrogen) atoms. The summed E-state index contributed by atoms with van der Waals surface area (Å²) < 4.78 is 2.14. The number of nitrogens with two attached hydrogens (primary N) is 1. The molecule has 0 amide bonds. The van der Waals surface area contributed by atoms with Crippen molar-refractivity contribution in [1.82, 2.24) is 4.57 Å². The summed E-state index contributed by atoms with van der Waals surface area (Å²) in [6.45, 7) is 4.77. The van der Waals surface area contributed by atoms with Gasteiger partial charge >= 0.3 is 0 Å². The van der Waals surface area contributed by atoms with Crippen LogP contribution in [0.3, 0.4) is 0 Å². The van der Waals surface area contributed by atoms with Crippen molar-refractivity contribution in [3.63, 3.8) is 0 Å². The van der Waals surface area contributed by atoms with E-state index >= 15 is 0 Å². The Kier molecular flexibility index (Phi) is 2.65. The fourth-order valence-corrected chi connectivity index (χ4v) is 2.06. The maximum Gasteiger partial charge on any atom is 0.182 e. The molecule has 1 aromatic heterocycles. The summed E-state index contributed by atoms with van der Waals surface area (Å²) in [7, 11) is 0. The van der Waals surface area contributed by atoms with E-state index in [9.17, 15) is 4.79 Å². The van der Waals surface area contributed by atoms with E-state index in [-0.39, 0.29) is 11.5 Å². The van der Waals surface area contributed by atoms with Gasteiger partial charge in [0.1, 0.15) is 0 Å². The predicted octanol–water partition coefficient (Wildman–Crippen LogP) is 1.20. The van der Waals surface area contributed by atoms with Gasteiger partial charge in [-0.1, -0.05) is 0 Å². The average molecular weight is 206 g/mol. The largest absolute Gasteiger partial charge is 0.347 e. The van der Waals surface area contributed by atoms with Crippen LogP contribution in [0.25, 0.3) is 0 Å². The van der Waals surface area contributed by atoms with Gasteiger partial charge in [-0.3, -0.25) is 4.79 Å². The van der Waals surface area contributed by atoms with Gasteiger partial charge in [0.05, 0.1) is 0 Å². The molecule has 1 atom stereocenters. The maximum absolute atomic E-state index is 11.3. The van der Waals surface area contributed by atoms with Crippen LogP contribution in [-0.2, 0) is 6.54 Å². The van der Waals surface area contributed by atoms with Crippen LogP contribution < -0.4 is 11.2 Å². The van der Waals surface area contributed by atoms with Gasteiger partial charge in [0.2, 0.25) is 0 Å². The third kappa shape index (κ3) is 2.29. The van der Waals surface area contributed by atoms with Crippen molar-refractivity contribution in [3.05, 3.63) is 33.7 Å². The van der Waals surface area contributed by atoms with E-state index in [1.165, 1.54) is 12.8 Å². The van der Waals surface area contributed by atoms with E-state index in [1.54, 1.807) is 12.1 Å². The Hall–Kier alpha value is -1.09. The monoisotopic (exact) mass is 206 g/mol. The first-order valence-electron chi connectivity index (χ1n) is 5.51. The molecule has 82 valence electrons. The highest BCUT2D eigenvalue weighted by molar-refractivity contribution is 5.12. The van der Waals surface area contributed by atoms with Gasteiger partial charge in [-0.2, -0.15) is 0 Å². The number of nitrogens with zero attached hydrogens (tertiary/aromatic N) is 1. The van der Waals surface area contributed by atoms with Crippen LogP contribution >= 0.6 is 0 Å². The molecule has 0 spiro atoms. The van der Waals surface area contributed by atoms with Crippen molar-refractivity contribution in [3.8, 4) is 0 Å². The van der Waals surface area contributed by atoms with Gasteiger partial charge in [0.15, 0.2) is 5.43 Å². The van der Waals surface area contributed by atoms with E-state index in [1.807, 2.05) is 13.8 Å². The Bertz CT molecular complexity index is 392. The van der Waals surface area contributed by atoms with Crippen LogP contribution in [0.2, 0.25) is 0 Å². The fraction of sp³-hybridized carbons (Fsp3) is 0.583. The molecule has 2 N–H and O–H groups in total. The first kappa shape index (κ1) is 10.4. The molecule has 1 fully saturated rings. The zero-order chi connectivity index (χ0) is 11.0.